The summed E-state index contributed by atoms with van der Waals surface area (Å²) in [5.41, 5.74) is 3.12. The van der Waals surface area contributed by atoms with Gasteiger partial charge in [-0.05, 0) is 54.9 Å². The normalized spacial score (nSPS) is 11.8. The van der Waals surface area contributed by atoms with Crippen LogP contribution >= 0.6 is 23.8 Å². The molecule has 0 aliphatic heterocycles. The Labute approximate surface area is 179 Å². The molecular formula is C23H17ClN4S. The molecule has 2 aromatic carbocycles. The Bertz CT molecular complexity index is 1180. The lowest BCUT2D eigenvalue weighted by molar-refractivity contribution is 1.36. The molecule has 0 fully saturated rings. The van der Waals surface area contributed by atoms with Crippen LogP contribution in [0.3, 0.4) is 0 Å². The van der Waals surface area contributed by atoms with Crippen LogP contribution in [0.25, 0.3) is 22.0 Å². The maximum Gasteiger partial charge on any atom is 0.197 e. The molecule has 0 aliphatic carbocycles. The fraction of sp³-hybridized carbons (Fsp3) is 0.0435. The second-order valence-corrected chi connectivity index (χ2v) is 6.90. The standard InChI is InChI=1S/C23H17ClN4S/c1-16(7-3-2-6-13-25)27-23(29)28-18-10-11-21(24)20(15-18)22-19-9-5-4-8-17(19)12-14-26-22/h2-12,14-15H,1H3,(H,28,29)/b6-2+,7-3-,27-16?. The molecule has 4 nitrogen and oxygen atoms in total. The lowest BCUT2D eigenvalue weighted by Gasteiger charge is -2.11. The Morgan fingerprint density at radius 1 is 1.21 bits per heavy atom. The van der Waals surface area contributed by atoms with Crippen LogP contribution in [0.5, 0.6) is 0 Å². The van der Waals surface area contributed by atoms with E-state index in [0.29, 0.717) is 10.1 Å². The molecule has 142 valence electrons. The highest BCUT2D eigenvalue weighted by atomic mass is 35.5. The number of hydrogen-bond acceptors (Lipinski definition) is 3. The first-order valence-electron chi connectivity index (χ1n) is 8.81. The summed E-state index contributed by atoms with van der Waals surface area (Å²) in [6, 6.07) is 17.5. The Morgan fingerprint density at radius 2 is 2.03 bits per heavy atom. The number of benzene rings is 2. The van der Waals surface area contributed by atoms with Crippen molar-refractivity contribution in [3.05, 3.63) is 84.1 Å². The summed E-state index contributed by atoms with van der Waals surface area (Å²) in [6.45, 7) is 1.83. The number of allylic oxidation sites excluding steroid dienone is 4. The van der Waals surface area contributed by atoms with E-state index in [9.17, 15) is 0 Å². The van der Waals surface area contributed by atoms with Gasteiger partial charge in [0.05, 0.1) is 16.8 Å². The predicted octanol–water partition coefficient (Wildman–Crippen LogP) is 6.35. The number of fused-ring (bicyclic) bond motifs is 1. The van der Waals surface area contributed by atoms with Crippen LogP contribution in [-0.2, 0) is 0 Å². The molecule has 0 amide bonds. The van der Waals surface area contributed by atoms with Gasteiger partial charge in [0.25, 0.3) is 0 Å². The summed E-state index contributed by atoms with van der Waals surface area (Å²) in [4.78, 5) is 8.87. The molecule has 1 N–H and O–H groups in total. The molecule has 0 atom stereocenters. The number of nitrogens with one attached hydrogen (secondary N) is 1. The summed E-state index contributed by atoms with van der Waals surface area (Å²) in [5.74, 6) is 0. The number of halogens is 1. The second-order valence-electron chi connectivity index (χ2n) is 6.11. The molecule has 6 heteroatoms. The van der Waals surface area contributed by atoms with E-state index in [1.54, 1.807) is 24.4 Å². The number of anilines is 1. The number of pyridine rings is 1. The maximum atomic E-state index is 8.48. The molecule has 0 radical (unpaired) electrons. The van der Waals surface area contributed by atoms with Crippen LogP contribution in [-0.4, -0.2) is 15.8 Å². The highest BCUT2D eigenvalue weighted by molar-refractivity contribution is 7.80. The third-order valence-corrected chi connectivity index (χ3v) is 4.57. The van der Waals surface area contributed by atoms with Gasteiger partial charge in [0.2, 0.25) is 0 Å². The Hall–Kier alpha value is -3.33. The van der Waals surface area contributed by atoms with Gasteiger partial charge in [-0.3, -0.25) is 4.98 Å². The Morgan fingerprint density at radius 3 is 2.86 bits per heavy atom. The molecule has 29 heavy (non-hydrogen) atoms. The van der Waals surface area contributed by atoms with Gasteiger partial charge in [0.1, 0.15) is 0 Å². The van der Waals surface area contributed by atoms with Gasteiger partial charge in [-0.1, -0.05) is 48.0 Å². The largest absolute Gasteiger partial charge is 0.331 e. The van der Waals surface area contributed by atoms with Gasteiger partial charge in [-0.25, -0.2) is 4.99 Å². The summed E-state index contributed by atoms with van der Waals surface area (Å²) < 4.78 is 0. The van der Waals surface area contributed by atoms with Gasteiger partial charge < -0.3 is 5.32 Å². The number of hydrogen-bond donors (Lipinski definition) is 1. The summed E-state index contributed by atoms with van der Waals surface area (Å²) in [7, 11) is 0. The highest BCUT2D eigenvalue weighted by Gasteiger charge is 2.10. The molecule has 3 rings (SSSR count). The number of aliphatic imine (C=N–C) groups is 1. The van der Waals surface area contributed by atoms with E-state index < -0.39 is 0 Å². The SMILES string of the molecule is CC(/C=C\C=C\C#N)=NC(=S)Nc1ccc(Cl)c(-c2nccc3ccccc23)c1. The Balaban J connectivity index is 1.86. The Kier molecular flexibility index (Phi) is 6.85. The van der Waals surface area contributed by atoms with E-state index >= 15 is 0 Å². The third-order valence-electron chi connectivity index (χ3n) is 4.04. The molecule has 0 aliphatic rings. The third kappa shape index (κ3) is 5.35. The minimum Gasteiger partial charge on any atom is -0.331 e. The lowest BCUT2D eigenvalue weighted by Crippen LogP contribution is -2.08. The summed E-state index contributed by atoms with van der Waals surface area (Å²) >= 11 is 11.8. The zero-order valence-corrected chi connectivity index (χ0v) is 17.2. The van der Waals surface area contributed by atoms with Crippen LogP contribution in [0.4, 0.5) is 5.69 Å². The number of thiocarbonyl (C=S) groups is 1. The quantitative estimate of drug-likeness (QED) is 0.233. The van der Waals surface area contributed by atoms with Crippen molar-refractivity contribution in [2.45, 2.75) is 6.92 Å². The molecule has 0 saturated carbocycles. The molecule has 0 bridgehead atoms. The van der Waals surface area contributed by atoms with Crippen LogP contribution in [0.15, 0.2) is 84.0 Å². The van der Waals surface area contributed by atoms with Crippen molar-refractivity contribution >= 4 is 51.1 Å². The lowest BCUT2D eigenvalue weighted by atomic mass is 10.0. The number of nitriles is 1. The van der Waals surface area contributed by atoms with E-state index in [0.717, 1.165) is 33.4 Å². The van der Waals surface area contributed by atoms with E-state index in [4.69, 9.17) is 29.1 Å². The van der Waals surface area contributed by atoms with Crippen molar-refractivity contribution in [1.29, 1.82) is 5.26 Å². The van der Waals surface area contributed by atoms with Crippen molar-refractivity contribution in [3.63, 3.8) is 0 Å². The molecule has 0 spiro atoms. The van der Waals surface area contributed by atoms with Crippen LogP contribution in [0, 0.1) is 11.3 Å². The van der Waals surface area contributed by atoms with Gasteiger partial charge >= 0.3 is 0 Å². The van der Waals surface area contributed by atoms with E-state index in [1.807, 2.05) is 61.5 Å². The molecule has 1 aromatic heterocycles. The van der Waals surface area contributed by atoms with Gasteiger partial charge in [-0.15, -0.1) is 0 Å². The summed E-state index contributed by atoms with van der Waals surface area (Å²) in [5, 5.41) is 14.7. The fourth-order valence-corrected chi connectivity index (χ4v) is 3.23. The first kappa shape index (κ1) is 20.4. The minimum absolute atomic E-state index is 0.329. The molecule has 0 unspecified atom stereocenters. The number of rotatable bonds is 4. The van der Waals surface area contributed by atoms with E-state index in [2.05, 4.69) is 15.3 Å². The van der Waals surface area contributed by atoms with Crippen molar-refractivity contribution < 1.29 is 0 Å². The first-order chi connectivity index (χ1) is 14.1. The number of nitrogens with zero attached hydrogens (tertiary/aromatic N) is 3. The zero-order chi connectivity index (χ0) is 20.6. The molecule has 0 saturated heterocycles. The van der Waals surface area contributed by atoms with Crippen molar-refractivity contribution in [2.24, 2.45) is 4.99 Å². The highest BCUT2D eigenvalue weighted by Crippen LogP contribution is 2.33. The number of aromatic nitrogens is 1. The molecule has 3 aromatic rings. The van der Waals surface area contributed by atoms with Crippen molar-refractivity contribution in [2.75, 3.05) is 5.32 Å². The van der Waals surface area contributed by atoms with Crippen molar-refractivity contribution in [3.8, 4) is 17.3 Å². The molecular weight excluding hydrogens is 400 g/mol. The first-order valence-corrected chi connectivity index (χ1v) is 9.60. The molecule has 1 heterocycles. The monoisotopic (exact) mass is 416 g/mol. The average molecular weight is 417 g/mol. The van der Waals surface area contributed by atoms with Crippen LogP contribution in [0.1, 0.15) is 6.92 Å². The topological polar surface area (TPSA) is 61.1 Å². The van der Waals surface area contributed by atoms with Crippen molar-refractivity contribution in [1.82, 2.24) is 4.98 Å². The second kappa shape index (κ2) is 9.74. The smallest absolute Gasteiger partial charge is 0.197 e. The van der Waals surface area contributed by atoms with Crippen LogP contribution < -0.4 is 5.32 Å². The summed E-state index contributed by atoms with van der Waals surface area (Å²) in [6.07, 6.45) is 8.31. The average Bonchev–Trinajstić information content (AvgIpc) is 2.72. The van der Waals surface area contributed by atoms with Gasteiger partial charge in [0.15, 0.2) is 5.11 Å². The predicted molar refractivity (Wildman–Crippen MR) is 125 cm³/mol. The van der Waals surface area contributed by atoms with E-state index in [-0.39, 0.29) is 0 Å². The van der Waals surface area contributed by atoms with Crippen LogP contribution in [0.2, 0.25) is 5.02 Å². The van der Waals surface area contributed by atoms with Gasteiger partial charge in [-0.2, -0.15) is 5.26 Å². The fourth-order valence-electron chi connectivity index (χ4n) is 2.76. The maximum absolute atomic E-state index is 8.48. The minimum atomic E-state index is 0.329. The van der Waals surface area contributed by atoms with E-state index in [1.165, 1.54) is 6.08 Å². The van der Waals surface area contributed by atoms with Gasteiger partial charge in [0, 0.05) is 34.6 Å². The zero-order valence-electron chi connectivity index (χ0n) is 15.6.